The molecule has 0 aliphatic heterocycles. The number of hydrogen-bond acceptors (Lipinski definition) is 4. The number of aliphatic hydroxyl groups excluding tert-OH is 1. The van der Waals surface area contributed by atoms with E-state index in [0.717, 1.165) is 0 Å². The van der Waals surface area contributed by atoms with Gasteiger partial charge in [-0.05, 0) is 13.8 Å². The van der Waals surface area contributed by atoms with E-state index in [0.29, 0.717) is 24.2 Å². The summed E-state index contributed by atoms with van der Waals surface area (Å²) < 4.78 is 23.0. The summed E-state index contributed by atoms with van der Waals surface area (Å²) in [6, 6.07) is 0. The topological polar surface area (TPSA) is 55.8 Å². The number of rotatable bonds is 8. The van der Waals surface area contributed by atoms with Gasteiger partial charge < -0.3 is 18.6 Å². The van der Waals surface area contributed by atoms with Crippen LogP contribution < -0.4 is 0 Å². The molecule has 0 aromatic heterocycles. The molecule has 0 radical (unpaired) electrons. The lowest BCUT2D eigenvalue weighted by Gasteiger charge is -2.28. The monoisotopic (exact) mass is 254 g/mol. The molecule has 0 aliphatic rings. The molecule has 0 amide bonds. The zero-order chi connectivity index (χ0) is 12.8. The van der Waals surface area contributed by atoms with E-state index in [1.807, 2.05) is 21.1 Å². The Kier molecular flexibility index (Phi) is 6.75. The Balaban J connectivity index is 4.34. The summed E-state index contributed by atoms with van der Waals surface area (Å²) in [5.74, 6) is 0. The lowest BCUT2D eigenvalue weighted by Crippen LogP contribution is -2.42. The van der Waals surface area contributed by atoms with Crippen molar-refractivity contribution in [2.45, 2.75) is 20.0 Å². The van der Waals surface area contributed by atoms with E-state index in [1.54, 1.807) is 13.8 Å². The molecule has 1 atom stereocenters. The molecule has 0 fully saturated rings. The smallest absolute Gasteiger partial charge is 0.333 e. The van der Waals surface area contributed by atoms with Crippen LogP contribution in [0.25, 0.3) is 0 Å². The first-order valence-electron chi connectivity index (χ1n) is 5.59. The van der Waals surface area contributed by atoms with Gasteiger partial charge in [0.1, 0.15) is 12.6 Å². The van der Waals surface area contributed by atoms with Gasteiger partial charge in [-0.3, -0.25) is 4.57 Å². The second kappa shape index (κ2) is 6.72. The van der Waals surface area contributed by atoms with Gasteiger partial charge in [0.05, 0.1) is 40.5 Å². The Morgan fingerprint density at radius 3 is 1.94 bits per heavy atom. The normalized spacial score (nSPS) is 15.1. The molecule has 6 heteroatoms. The summed E-state index contributed by atoms with van der Waals surface area (Å²) in [7, 11) is 2.78. The Morgan fingerprint density at radius 1 is 1.19 bits per heavy atom. The average molecular weight is 254 g/mol. The van der Waals surface area contributed by atoms with Crippen molar-refractivity contribution in [2.75, 3.05) is 47.1 Å². The molecule has 0 saturated carbocycles. The van der Waals surface area contributed by atoms with Gasteiger partial charge in [-0.15, -0.1) is 0 Å². The lowest BCUT2D eigenvalue weighted by atomic mass is 10.3. The summed E-state index contributed by atoms with van der Waals surface area (Å²) in [4.78, 5) is 0. The van der Waals surface area contributed by atoms with Crippen molar-refractivity contribution in [3.63, 3.8) is 0 Å². The number of nitrogens with zero attached hydrogens (tertiary/aromatic N) is 1. The largest absolute Gasteiger partial charge is 0.387 e. The maximum absolute atomic E-state index is 12.1. The van der Waals surface area contributed by atoms with Crippen LogP contribution in [0.5, 0.6) is 0 Å². The number of hydrogen-bond donors (Lipinski definition) is 1. The number of aliphatic hydroxyl groups is 1. The van der Waals surface area contributed by atoms with Crippen molar-refractivity contribution in [1.82, 2.24) is 0 Å². The molecule has 0 spiro atoms. The van der Waals surface area contributed by atoms with Crippen LogP contribution in [-0.2, 0) is 13.6 Å². The average Bonchev–Trinajstić information content (AvgIpc) is 1.99. The van der Waals surface area contributed by atoms with Gasteiger partial charge in [0.2, 0.25) is 0 Å². The molecule has 5 nitrogen and oxygen atoms in total. The lowest BCUT2D eigenvalue weighted by molar-refractivity contribution is -0.873. The van der Waals surface area contributed by atoms with E-state index in [-0.39, 0.29) is 6.16 Å². The zero-order valence-electron chi connectivity index (χ0n) is 11.0. The summed E-state index contributed by atoms with van der Waals surface area (Å²) in [6.45, 7) is 4.70. The Labute approximate surface area is 98.5 Å². The quantitative estimate of drug-likeness (QED) is 0.524. The van der Waals surface area contributed by atoms with Gasteiger partial charge in [0.15, 0.2) is 0 Å². The van der Waals surface area contributed by atoms with E-state index < -0.39 is 13.7 Å². The first kappa shape index (κ1) is 16.1. The molecule has 0 bridgehead atoms. The van der Waals surface area contributed by atoms with Gasteiger partial charge in [0, 0.05) is 0 Å². The van der Waals surface area contributed by atoms with Crippen LogP contribution in [0.4, 0.5) is 0 Å². The van der Waals surface area contributed by atoms with Gasteiger partial charge in [0.25, 0.3) is 0 Å². The molecule has 0 aliphatic carbocycles. The van der Waals surface area contributed by atoms with Crippen molar-refractivity contribution in [1.29, 1.82) is 0 Å². The predicted octanol–water partition coefficient (Wildman–Crippen LogP) is 1.32. The summed E-state index contributed by atoms with van der Waals surface area (Å²) in [6.07, 6.45) is -0.617. The van der Waals surface area contributed by atoms with Crippen LogP contribution in [0, 0.1) is 0 Å². The third-order valence-corrected chi connectivity index (χ3v) is 4.02. The highest BCUT2D eigenvalue weighted by molar-refractivity contribution is 7.53. The molecule has 98 valence electrons. The van der Waals surface area contributed by atoms with Crippen molar-refractivity contribution < 1.29 is 23.2 Å². The van der Waals surface area contributed by atoms with Crippen LogP contribution in [0.1, 0.15) is 13.8 Å². The second-order valence-electron chi connectivity index (χ2n) is 4.76. The maximum atomic E-state index is 12.1. The fourth-order valence-corrected chi connectivity index (χ4v) is 3.19. The Bertz CT molecular complexity index is 229. The third-order valence-electron chi connectivity index (χ3n) is 1.84. The van der Waals surface area contributed by atoms with Crippen molar-refractivity contribution in [3.05, 3.63) is 0 Å². The minimum Gasteiger partial charge on any atom is -0.387 e. The SMILES string of the molecule is CCOP(=O)(C[C@@H](O)C[N+](C)(C)C)OCC. The van der Waals surface area contributed by atoms with E-state index in [4.69, 9.17) is 9.05 Å². The van der Waals surface area contributed by atoms with Crippen LogP contribution in [0.2, 0.25) is 0 Å². The number of quaternary nitrogens is 1. The molecule has 0 aromatic rings. The van der Waals surface area contributed by atoms with Gasteiger partial charge >= 0.3 is 7.60 Å². The van der Waals surface area contributed by atoms with Gasteiger partial charge in [-0.25, -0.2) is 0 Å². The van der Waals surface area contributed by atoms with E-state index in [1.165, 1.54) is 0 Å². The maximum Gasteiger partial charge on any atom is 0.333 e. The first-order valence-corrected chi connectivity index (χ1v) is 7.32. The summed E-state index contributed by atoms with van der Waals surface area (Å²) in [5, 5.41) is 9.83. The van der Waals surface area contributed by atoms with Gasteiger partial charge in [-0.2, -0.15) is 0 Å². The Morgan fingerprint density at radius 2 is 1.62 bits per heavy atom. The molecule has 0 heterocycles. The van der Waals surface area contributed by atoms with Crippen LogP contribution in [0.3, 0.4) is 0 Å². The van der Waals surface area contributed by atoms with E-state index in [9.17, 15) is 9.67 Å². The predicted molar refractivity (Wildman–Crippen MR) is 64.6 cm³/mol. The molecule has 0 aromatic carbocycles. The fourth-order valence-electron chi connectivity index (χ4n) is 1.48. The Hall–Kier alpha value is 0.0700. The molecule has 0 rings (SSSR count). The van der Waals surface area contributed by atoms with Crippen LogP contribution in [0.15, 0.2) is 0 Å². The van der Waals surface area contributed by atoms with Crippen molar-refractivity contribution >= 4 is 7.60 Å². The van der Waals surface area contributed by atoms with Crippen molar-refractivity contribution in [3.8, 4) is 0 Å². The molecule has 16 heavy (non-hydrogen) atoms. The summed E-state index contributed by atoms with van der Waals surface area (Å²) in [5.41, 5.74) is 0. The summed E-state index contributed by atoms with van der Waals surface area (Å²) >= 11 is 0. The molecular weight excluding hydrogens is 229 g/mol. The zero-order valence-corrected chi connectivity index (χ0v) is 11.9. The van der Waals surface area contributed by atoms with Crippen LogP contribution in [-0.4, -0.2) is 62.8 Å². The molecule has 0 saturated heterocycles. The first-order chi connectivity index (χ1) is 7.22. The van der Waals surface area contributed by atoms with Crippen molar-refractivity contribution in [2.24, 2.45) is 0 Å². The highest BCUT2D eigenvalue weighted by Crippen LogP contribution is 2.48. The molecule has 1 N–H and O–H groups in total. The highest BCUT2D eigenvalue weighted by atomic mass is 31.2. The second-order valence-corrected chi connectivity index (χ2v) is 6.86. The number of likely N-dealkylation sites (N-methyl/N-ethyl adjacent to an activating group) is 1. The molecular formula is C10H25NO4P+. The van der Waals surface area contributed by atoms with Crippen LogP contribution >= 0.6 is 7.60 Å². The minimum absolute atomic E-state index is 0.0597. The molecule has 0 unspecified atom stereocenters. The van der Waals surface area contributed by atoms with E-state index in [2.05, 4.69) is 0 Å². The third kappa shape index (κ3) is 7.36. The minimum atomic E-state index is -3.12. The fraction of sp³-hybridized carbons (Fsp3) is 1.00. The standard InChI is InChI=1S/C10H25NO4P/c1-6-14-16(13,15-7-2)9-10(12)8-11(3,4)5/h10,12H,6-9H2,1-5H3/q+1/t10-/m0/s1. The van der Waals surface area contributed by atoms with Gasteiger partial charge in [-0.1, -0.05) is 0 Å². The van der Waals surface area contributed by atoms with E-state index >= 15 is 0 Å². The highest BCUT2D eigenvalue weighted by Gasteiger charge is 2.30.